The van der Waals surface area contributed by atoms with Crippen LogP contribution in [0, 0.1) is 0 Å². The fourth-order valence-electron chi connectivity index (χ4n) is 1.11. The molecule has 2 aromatic rings. The minimum absolute atomic E-state index is 0.0179. The summed E-state index contributed by atoms with van der Waals surface area (Å²) in [4.78, 5) is 11.3. The molecule has 1 aromatic heterocycles. The Morgan fingerprint density at radius 3 is 1.88 bits per heavy atom. The van der Waals surface area contributed by atoms with Crippen molar-refractivity contribution in [3.8, 4) is 0 Å². The zero-order valence-corrected chi connectivity index (χ0v) is 11.1. The molecule has 0 spiro atoms. The zero-order chi connectivity index (χ0) is 12.4. The van der Waals surface area contributed by atoms with Crippen molar-refractivity contribution in [1.82, 2.24) is 15.0 Å². The first kappa shape index (κ1) is 12.6. The second kappa shape index (κ2) is 5.23. The normalized spacial score (nSPS) is 10.4. The Kier molecular flexibility index (Phi) is 3.89. The SMILES string of the molecule is Clc1nc(Cl)nc(Nc2c(Cl)cccc2Cl)n1. The van der Waals surface area contributed by atoms with E-state index in [4.69, 9.17) is 46.4 Å². The van der Waals surface area contributed by atoms with Crippen molar-refractivity contribution in [1.29, 1.82) is 0 Å². The van der Waals surface area contributed by atoms with Gasteiger partial charge < -0.3 is 5.32 Å². The summed E-state index contributed by atoms with van der Waals surface area (Å²) in [6.07, 6.45) is 0. The van der Waals surface area contributed by atoms with Gasteiger partial charge in [-0.15, -0.1) is 0 Å². The fraction of sp³-hybridized carbons (Fsp3) is 0. The molecule has 0 saturated heterocycles. The molecule has 0 aliphatic carbocycles. The van der Waals surface area contributed by atoms with Gasteiger partial charge in [0.2, 0.25) is 16.5 Å². The Balaban J connectivity index is 2.38. The summed E-state index contributed by atoms with van der Waals surface area (Å²) >= 11 is 23.2. The molecule has 0 aliphatic rings. The maximum Gasteiger partial charge on any atom is 0.232 e. The highest BCUT2D eigenvalue weighted by atomic mass is 35.5. The Morgan fingerprint density at radius 2 is 1.35 bits per heavy atom. The summed E-state index contributed by atoms with van der Waals surface area (Å²) in [6, 6.07) is 5.09. The van der Waals surface area contributed by atoms with Crippen LogP contribution >= 0.6 is 46.4 Å². The van der Waals surface area contributed by atoms with Crippen LogP contribution in [-0.4, -0.2) is 15.0 Å². The molecule has 0 bridgehead atoms. The molecule has 8 heteroatoms. The van der Waals surface area contributed by atoms with Crippen LogP contribution in [0.4, 0.5) is 11.6 Å². The molecule has 0 amide bonds. The van der Waals surface area contributed by atoms with Crippen LogP contribution in [0.2, 0.25) is 20.6 Å². The van der Waals surface area contributed by atoms with Gasteiger partial charge in [-0.25, -0.2) is 0 Å². The number of hydrogen-bond acceptors (Lipinski definition) is 4. The van der Waals surface area contributed by atoms with E-state index < -0.39 is 0 Å². The van der Waals surface area contributed by atoms with Gasteiger partial charge in [0.25, 0.3) is 0 Å². The summed E-state index contributed by atoms with van der Waals surface area (Å²) in [7, 11) is 0. The van der Waals surface area contributed by atoms with Crippen molar-refractivity contribution in [3.63, 3.8) is 0 Å². The van der Waals surface area contributed by atoms with Crippen LogP contribution in [0.3, 0.4) is 0 Å². The number of anilines is 2. The van der Waals surface area contributed by atoms with Crippen molar-refractivity contribution >= 4 is 58.0 Å². The van der Waals surface area contributed by atoms with E-state index in [-0.39, 0.29) is 16.5 Å². The predicted molar refractivity (Wildman–Crippen MR) is 69.6 cm³/mol. The molecule has 0 saturated carbocycles. The van der Waals surface area contributed by atoms with Crippen LogP contribution in [-0.2, 0) is 0 Å². The summed E-state index contributed by atoms with van der Waals surface area (Å²) < 4.78 is 0. The Bertz CT molecular complexity index is 520. The van der Waals surface area contributed by atoms with Gasteiger partial charge in [0.1, 0.15) is 0 Å². The summed E-state index contributed by atoms with van der Waals surface area (Å²) in [6.45, 7) is 0. The van der Waals surface area contributed by atoms with Gasteiger partial charge in [0, 0.05) is 0 Å². The fourth-order valence-corrected chi connectivity index (χ4v) is 1.97. The highest BCUT2D eigenvalue weighted by Gasteiger charge is 2.09. The van der Waals surface area contributed by atoms with E-state index in [1.54, 1.807) is 18.2 Å². The molecule has 0 atom stereocenters. The molecule has 0 radical (unpaired) electrons. The summed E-state index contributed by atoms with van der Waals surface area (Å²) in [5, 5.41) is 3.66. The quantitative estimate of drug-likeness (QED) is 0.902. The molecule has 0 aliphatic heterocycles. The van der Waals surface area contributed by atoms with Crippen molar-refractivity contribution in [2.45, 2.75) is 0 Å². The minimum Gasteiger partial charge on any atom is -0.321 e. The van der Waals surface area contributed by atoms with Gasteiger partial charge in [0.15, 0.2) is 0 Å². The van der Waals surface area contributed by atoms with Gasteiger partial charge in [0.05, 0.1) is 15.7 Å². The Morgan fingerprint density at radius 1 is 0.824 bits per heavy atom. The number of para-hydroxylation sites is 1. The molecule has 0 fully saturated rings. The summed E-state index contributed by atoms with van der Waals surface area (Å²) in [5.41, 5.74) is 0.481. The molecule has 1 aromatic carbocycles. The van der Waals surface area contributed by atoms with E-state index >= 15 is 0 Å². The third-order valence-corrected chi connectivity index (χ3v) is 2.75. The zero-order valence-electron chi connectivity index (χ0n) is 8.09. The lowest BCUT2D eigenvalue weighted by atomic mass is 10.3. The second-order valence-corrected chi connectivity index (χ2v) is 4.41. The molecule has 0 unspecified atom stereocenters. The molecule has 4 nitrogen and oxygen atoms in total. The lowest BCUT2D eigenvalue weighted by Crippen LogP contribution is -2.00. The third kappa shape index (κ3) is 3.10. The number of aromatic nitrogens is 3. The molecular formula is C9H4Cl4N4. The van der Waals surface area contributed by atoms with Crippen LogP contribution in [0.5, 0.6) is 0 Å². The first-order valence-electron chi connectivity index (χ1n) is 4.34. The number of halogens is 4. The van der Waals surface area contributed by atoms with Gasteiger partial charge in [-0.05, 0) is 35.3 Å². The van der Waals surface area contributed by atoms with Crippen LogP contribution < -0.4 is 5.32 Å². The van der Waals surface area contributed by atoms with Crippen LogP contribution in [0.15, 0.2) is 18.2 Å². The third-order valence-electron chi connectivity index (χ3n) is 1.78. The van der Waals surface area contributed by atoms with E-state index in [1.807, 2.05) is 0 Å². The Hall–Kier alpha value is -0.810. The lowest BCUT2D eigenvalue weighted by Gasteiger charge is -2.08. The van der Waals surface area contributed by atoms with E-state index in [9.17, 15) is 0 Å². The van der Waals surface area contributed by atoms with Gasteiger partial charge in [-0.2, -0.15) is 15.0 Å². The molecular weight excluding hydrogens is 306 g/mol. The van der Waals surface area contributed by atoms with Gasteiger partial charge in [-0.1, -0.05) is 29.3 Å². The highest BCUT2D eigenvalue weighted by molar-refractivity contribution is 6.39. The highest BCUT2D eigenvalue weighted by Crippen LogP contribution is 2.31. The Labute approximate surface area is 117 Å². The van der Waals surface area contributed by atoms with E-state index in [2.05, 4.69) is 20.3 Å². The van der Waals surface area contributed by atoms with E-state index in [1.165, 1.54) is 0 Å². The smallest absolute Gasteiger partial charge is 0.232 e. The van der Waals surface area contributed by atoms with E-state index in [0.29, 0.717) is 15.7 Å². The first-order valence-corrected chi connectivity index (χ1v) is 5.85. The molecule has 1 N–H and O–H groups in total. The van der Waals surface area contributed by atoms with Gasteiger partial charge >= 0.3 is 0 Å². The number of hydrogen-bond donors (Lipinski definition) is 1. The lowest BCUT2D eigenvalue weighted by molar-refractivity contribution is 1.05. The second-order valence-electron chi connectivity index (χ2n) is 2.92. The summed E-state index contributed by atoms with van der Waals surface area (Å²) in [5.74, 6) is 0.171. The number of rotatable bonds is 2. The van der Waals surface area contributed by atoms with E-state index in [0.717, 1.165) is 0 Å². The predicted octanol–water partition coefficient (Wildman–Crippen LogP) is 4.23. The molecule has 88 valence electrons. The number of nitrogens with one attached hydrogen (secondary N) is 1. The monoisotopic (exact) mass is 308 g/mol. The molecule has 17 heavy (non-hydrogen) atoms. The van der Waals surface area contributed by atoms with Crippen molar-refractivity contribution in [2.75, 3.05) is 5.32 Å². The topological polar surface area (TPSA) is 50.7 Å². The molecule has 1 heterocycles. The first-order chi connectivity index (χ1) is 8.06. The van der Waals surface area contributed by atoms with Crippen molar-refractivity contribution in [2.24, 2.45) is 0 Å². The standard InChI is InChI=1S/C9H4Cl4N4/c10-4-2-1-3-5(11)6(4)14-9-16-7(12)15-8(13)17-9/h1-3H,(H,14,15,16,17). The maximum atomic E-state index is 5.97. The average molecular weight is 310 g/mol. The maximum absolute atomic E-state index is 5.97. The van der Waals surface area contributed by atoms with Crippen LogP contribution in [0.1, 0.15) is 0 Å². The van der Waals surface area contributed by atoms with Crippen LogP contribution in [0.25, 0.3) is 0 Å². The molecule has 2 rings (SSSR count). The van der Waals surface area contributed by atoms with Gasteiger partial charge in [-0.3, -0.25) is 0 Å². The minimum atomic E-state index is -0.0179. The number of nitrogens with zero attached hydrogens (tertiary/aromatic N) is 3. The average Bonchev–Trinajstić information content (AvgIpc) is 2.22. The van der Waals surface area contributed by atoms with Crippen molar-refractivity contribution < 1.29 is 0 Å². The number of benzene rings is 1. The largest absolute Gasteiger partial charge is 0.321 e. The van der Waals surface area contributed by atoms with Crippen molar-refractivity contribution in [3.05, 3.63) is 38.8 Å².